The van der Waals surface area contributed by atoms with Gasteiger partial charge in [0.25, 0.3) is 0 Å². The molecule has 0 aliphatic carbocycles. The zero-order chi connectivity index (χ0) is 42.6. The number of fused-ring (bicyclic) bond motifs is 6. The summed E-state index contributed by atoms with van der Waals surface area (Å²) in [5.41, 5.74) is 15.9. The maximum Gasteiger partial charge on any atom is 0.160 e. The maximum absolute atomic E-state index is 9.88. The highest BCUT2D eigenvalue weighted by Crippen LogP contribution is 2.43. The second-order valence-electron chi connectivity index (χ2n) is 16.1. The van der Waals surface area contributed by atoms with Gasteiger partial charge in [-0.15, -0.1) is 0 Å². The molecular formula is C59H37N5. The lowest BCUT2D eigenvalue weighted by atomic mass is 9.98. The average molecular weight is 816 g/mol. The molecule has 0 amide bonds. The largest absolute Gasteiger partial charge is 0.307 e. The second-order valence-corrected chi connectivity index (χ2v) is 16.1. The van der Waals surface area contributed by atoms with E-state index in [0.717, 1.165) is 83.8 Å². The monoisotopic (exact) mass is 815 g/mol. The molecule has 5 nitrogen and oxygen atoms in total. The third kappa shape index (κ3) is 6.16. The molecule has 12 aromatic rings. The van der Waals surface area contributed by atoms with Gasteiger partial charge in [0, 0.05) is 43.8 Å². The van der Waals surface area contributed by atoms with Gasteiger partial charge in [-0.1, -0.05) is 176 Å². The van der Waals surface area contributed by atoms with Crippen LogP contribution < -0.4 is 0 Å². The normalized spacial score (nSPS) is 11.4. The zero-order valence-corrected chi connectivity index (χ0v) is 34.6. The van der Waals surface area contributed by atoms with Gasteiger partial charge < -0.3 is 9.13 Å². The first-order valence-electron chi connectivity index (χ1n) is 21.5. The summed E-state index contributed by atoms with van der Waals surface area (Å²) in [6.07, 6.45) is 0. The van der Waals surface area contributed by atoms with E-state index in [2.05, 4.69) is 209 Å². The van der Waals surface area contributed by atoms with Crippen molar-refractivity contribution in [3.63, 3.8) is 0 Å². The van der Waals surface area contributed by atoms with Gasteiger partial charge in [-0.05, 0) is 65.2 Å². The predicted octanol–water partition coefficient (Wildman–Crippen LogP) is 14.9. The topological polar surface area (TPSA) is 59.4 Å². The number of hydrogen-bond acceptors (Lipinski definition) is 3. The van der Waals surface area contributed by atoms with Crippen molar-refractivity contribution in [1.82, 2.24) is 19.1 Å². The van der Waals surface area contributed by atoms with Crippen LogP contribution in [0.3, 0.4) is 0 Å². The highest BCUT2D eigenvalue weighted by Gasteiger charge is 2.22. The van der Waals surface area contributed by atoms with E-state index in [9.17, 15) is 5.26 Å². The molecule has 0 saturated heterocycles. The molecule has 0 fully saturated rings. The van der Waals surface area contributed by atoms with Crippen LogP contribution in [-0.4, -0.2) is 19.1 Å². The molecule has 5 heteroatoms. The summed E-state index contributed by atoms with van der Waals surface area (Å²) in [6.45, 7) is 0. The summed E-state index contributed by atoms with van der Waals surface area (Å²) >= 11 is 0. The van der Waals surface area contributed by atoms with E-state index < -0.39 is 0 Å². The summed E-state index contributed by atoms with van der Waals surface area (Å²) in [7, 11) is 0. The Kier molecular flexibility index (Phi) is 8.81. The van der Waals surface area contributed by atoms with Crippen molar-refractivity contribution in [3.8, 4) is 73.6 Å². The molecule has 64 heavy (non-hydrogen) atoms. The Hall–Kier alpha value is -8.85. The zero-order valence-electron chi connectivity index (χ0n) is 34.6. The van der Waals surface area contributed by atoms with E-state index >= 15 is 0 Å². The summed E-state index contributed by atoms with van der Waals surface area (Å²) in [5.74, 6) is 0.605. The maximum atomic E-state index is 9.88. The molecule has 0 bridgehead atoms. The van der Waals surface area contributed by atoms with Crippen LogP contribution in [0.25, 0.3) is 111 Å². The fraction of sp³-hybridized carbons (Fsp3) is 0. The summed E-state index contributed by atoms with van der Waals surface area (Å²) < 4.78 is 4.88. The Morgan fingerprint density at radius 2 is 0.828 bits per heavy atom. The van der Waals surface area contributed by atoms with Crippen molar-refractivity contribution in [2.75, 3.05) is 0 Å². The Morgan fingerprint density at radius 3 is 1.48 bits per heavy atom. The molecule has 9 aromatic carbocycles. The number of aromatic nitrogens is 4. The number of hydrogen-bond donors (Lipinski definition) is 0. The minimum absolute atomic E-state index is 0.575. The number of nitrogens with zero attached hydrogens (tertiary/aromatic N) is 5. The van der Waals surface area contributed by atoms with E-state index in [1.807, 2.05) is 30.3 Å². The predicted molar refractivity (Wildman–Crippen MR) is 263 cm³/mol. The minimum atomic E-state index is 0.575. The molecule has 0 aliphatic rings. The van der Waals surface area contributed by atoms with E-state index in [1.54, 1.807) is 0 Å². The molecule has 0 radical (unpaired) electrons. The first kappa shape index (κ1) is 37.0. The standard InChI is InChI=1S/C59H37N5/c60-38-39-15-13-20-44(35-39)51-37-52(62-59(61-51)43-31-29-41(30-32-43)40-16-3-1-4-17-40)45-33-34-46(42-18-5-2-6-19-42)57(36-45)64-55-27-12-9-23-49(55)50-24-14-28-56(58(50)64)63-53-25-10-7-21-47(53)48-22-8-11-26-54(48)63/h1-37H. The molecule has 0 atom stereocenters. The van der Waals surface area contributed by atoms with E-state index in [0.29, 0.717) is 11.4 Å². The van der Waals surface area contributed by atoms with E-state index in [1.165, 1.54) is 21.5 Å². The fourth-order valence-corrected chi connectivity index (χ4v) is 9.41. The van der Waals surface area contributed by atoms with Gasteiger partial charge in [-0.3, -0.25) is 0 Å². The van der Waals surface area contributed by atoms with Gasteiger partial charge in [0.15, 0.2) is 5.82 Å². The SMILES string of the molecule is N#Cc1cccc(-c2cc(-c3ccc(-c4ccccc4)c(-n4c5ccccc5c5cccc(-n6c7ccccc7c7ccccc76)c54)c3)nc(-c3ccc(-c4ccccc4)cc3)n2)c1. The number of para-hydroxylation sites is 4. The third-order valence-corrected chi connectivity index (χ3v) is 12.4. The van der Waals surface area contributed by atoms with Crippen LogP contribution >= 0.6 is 0 Å². The Morgan fingerprint density at radius 1 is 0.344 bits per heavy atom. The highest BCUT2D eigenvalue weighted by molar-refractivity contribution is 6.15. The molecule has 0 spiro atoms. The number of nitriles is 1. The fourth-order valence-electron chi connectivity index (χ4n) is 9.41. The molecule has 0 saturated carbocycles. The van der Waals surface area contributed by atoms with Crippen LogP contribution in [0, 0.1) is 11.3 Å². The average Bonchev–Trinajstić information content (AvgIpc) is 3.90. The van der Waals surface area contributed by atoms with Crippen LogP contribution in [-0.2, 0) is 0 Å². The van der Waals surface area contributed by atoms with Crippen molar-refractivity contribution in [2.45, 2.75) is 0 Å². The van der Waals surface area contributed by atoms with Crippen LogP contribution in [0.2, 0.25) is 0 Å². The second kappa shape index (κ2) is 15.3. The lowest BCUT2D eigenvalue weighted by Crippen LogP contribution is -2.03. The van der Waals surface area contributed by atoms with Crippen LogP contribution in [0.5, 0.6) is 0 Å². The van der Waals surface area contributed by atoms with Gasteiger partial charge >= 0.3 is 0 Å². The number of rotatable bonds is 7. The van der Waals surface area contributed by atoms with Crippen LogP contribution in [0.1, 0.15) is 5.56 Å². The summed E-state index contributed by atoms with van der Waals surface area (Å²) in [6, 6.07) is 80.9. The molecule has 298 valence electrons. The van der Waals surface area contributed by atoms with Gasteiger partial charge in [-0.25, -0.2) is 9.97 Å². The van der Waals surface area contributed by atoms with Crippen molar-refractivity contribution in [3.05, 3.63) is 230 Å². The number of benzene rings is 9. The van der Waals surface area contributed by atoms with Gasteiger partial charge in [0.2, 0.25) is 0 Å². The van der Waals surface area contributed by atoms with Crippen molar-refractivity contribution in [2.24, 2.45) is 0 Å². The van der Waals surface area contributed by atoms with Crippen molar-refractivity contribution >= 4 is 43.6 Å². The lowest BCUT2D eigenvalue weighted by Gasteiger charge is -2.19. The summed E-state index contributed by atoms with van der Waals surface area (Å²) in [4.78, 5) is 10.5. The summed E-state index contributed by atoms with van der Waals surface area (Å²) in [5, 5.41) is 14.7. The highest BCUT2D eigenvalue weighted by atomic mass is 15.1. The van der Waals surface area contributed by atoms with Crippen LogP contribution in [0.15, 0.2) is 224 Å². The van der Waals surface area contributed by atoms with Crippen LogP contribution in [0.4, 0.5) is 0 Å². The molecular weight excluding hydrogens is 779 g/mol. The van der Waals surface area contributed by atoms with E-state index in [4.69, 9.17) is 9.97 Å². The smallest absolute Gasteiger partial charge is 0.160 e. The van der Waals surface area contributed by atoms with Gasteiger partial charge in [0.05, 0.1) is 56.5 Å². The first-order valence-corrected chi connectivity index (χ1v) is 21.5. The molecule has 3 heterocycles. The first-order chi connectivity index (χ1) is 31.7. The Bertz CT molecular complexity index is 3730. The molecule has 3 aromatic heterocycles. The van der Waals surface area contributed by atoms with Crippen molar-refractivity contribution in [1.29, 1.82) is 5.26 Å². The molecule has 0 unspecified atom stereocenters. The van der Waals surface area contributed by atoms with Gasteiger partial charge in [0.1, 0.15) is 0 Å². The van der Waals surface area contributed by atoms with Crippen molar-refractivity contribution < 1.29 is 0 Å². The van der Waals surface area contributed by atoms with E-state index in [-0.39, 0.29) is 0 Å². The molecule has 0 aliphatic heterocycles. The minimum Gasteiger partial charge on any atom is -0.307 e. The lowest BCUT2D eigenvalue weighted by molar-refractivity contribution is 1.13. The third-order valence-electron chi connectivity index (χ3n) is 12.4. The molecule has 12 rings (SSSR count). The Balaban J connectivity index is 1.13. The van der Waals surface area contributed by atoms with Gasteiger partial charge in [-0.2, -0.15) is 5.26 Å². The quantitative estimate of drug-likeness (QED) is 0.161. The Labute approximate surface area is 370 Å². The molecule has 0 N–H and O–H groups in total.